The van der Waals surface area contributed by atoms with E-state index in [9.17, 15) is 0 Å². The van der Waals surface area contributed by atoms with E-state index in [-0.39, 0.29) is 28.5 Å². The Kier molecular flexibility index (Phi) is 8.71. The molecule has 3 heterocycles. The molecule has 0 amide bonds. The van der Waals surface area contributed by atoms with Crippen LogP contribution in [0.25, 0.3) is 22.3 Å². The second-order valence-corrected chi connectivity index (χ2v) is 23.4. The van der Waals surface area contributed by atoms with E-state index in [2.05, 4.69) is 241 Å². The maximum atomic E-state index is 2.79. The Bertz CT molecular complexity index is 3320. The Hall–Kier alpha value is -6.58. The lowest BCUT2D eigenvalue weighted by molar-refractivity contribution is 0.332. The standard InChI is InChI=1S/C65H61BN2/c1-61(2)33-34-62(3,4)52-39-46(31-32-49(52)61)67-57-41-54-53(63(5,6)35-36-64(54,7)8)40-55(57)66-59-48(37-43(38-58(59)67)42-21-12-9-13-22-42)47-27-20-29-51-60(47)68(66)56-30-19-18-28-50(56)65(51,44-23-14-10-15-24-44)45-25-16-11-17-26-45/h9-32,37-41H,33-36H2,1-8H3. The molecule has 5 aliphatic rings. The van der Waals surface area contributed by atoms with Gasteiger partial charge in [-0.1, -0.05) is 195 Å². The Labute approximate surface area is 404 Å². The maximum Gasteiger partial charge on any atom is 0.333 e. The van der Waals surface area contributed by atoms with E-state index in [1.54, 1.807) is 0 Å². The zero-order valence-corrected chi connectivity index (χ0v) is 41.0. The summed E-state index contributed by atoms with van der Waals surface area (Å²) < 4.78 is 0. The Morgan fingerprint density at radius 2 is 0.926 bits per heavy atom. The fourth-order valence-electron chi connectivity index (χ4n) is 13.7. The molecule has 13 rings (SSSR count). The Morgan fingerprint density at radius 3 is 1.57 bits per heavy atom. The monoisotopic (exact) mass is 880 g/mol. The van der Waals surface area contributed by atoms with Gasteiger partial charge < -0.3 is 9.71 Å². The molecular weight excluding hydrogens is 820 g/mol. The number of fused-ring (bicyclic) bond motifs is 8. The second-order valence-electron chi connectivity index (χ2n) is 23.4. The van der Waals surface area contributed by atoms with Gasteiger partial charge in [-0.25, -0.2) is 0 Å². The van der Waals surface area contributed by atoms with Gasteiger partial charge in [-0.3, -0.25) is 0 Å². The SMILES string of the molecule is CC1(C)CCC(C)(C)c2cc(N3c4cc5c(cc4B4c6c(cc(-c7ccccc7)cc63)-c3cccc6c3N4c3ccccc3C6(c3ccccc3)c3ccccc3)C(C)(C)CCC5(C)C)ccc21. The maximum absolute atomic E-state index is 2.79. The molecule has 0 N–H and O–H groups in total. The van der Waals surface area contributed by atoms with Crippen molar-refractivity contribution in [2.24, 2.45) is 0 Å². The number of benzene rings is 8. The van der Waals surface area contributed by atoms with Crippen LogP contribution in [0.2, 0.25) is 0 Å². The van der Waals surface area contributed by atoms with E-state index in [4.69, 9.17) is 0 Å². The number of para-hydroxylation sites is 2. The predicted molar refractivity (Wildman–Crippen MR) is 288 cm³/mol. The molecule has 3 heteroatoms. The first-order valence-corrected chi connectivity index (χ1v) is 25.2. The van der Waals surface area contributed by atoms with Crippen LogP contribution in [0.4, 0.5) is 28.4 Å². The summed E-state index contributed by atoms with van der Waals surface area (Å²) in [6, 6.07) is 68.3. The zero-order chi connectivity index (χ0) is 46.5. The van der Waals surface area contributed by atoms with Gasteiger partial charge in [0.2, 0.25) is 0 Å². The van der Waals surface area contributed by atoms with Crippen LogP contribution in [0.1, 0.15) is 126 Å². The fraction of sp³-hybridized carbons (Fsp3) is 0.262. The predicted octanol–water partition coefficient (Wildman–Crippen LogP) is 15.5. The van der Waals surface area contributed by atoms with Crippen LogP contribution in [0.3, 0.4) is 0 Å². The molecule has 0 aromatic heterocycles. The molecule has 68 heavy (non-hydrogen) atoms. The van der Waals surface area contributed by atoms with Gasteiger partial charge in [0.1, 0.15) is 0 Å². The zero-order valence-electron chi connectivity index (χ0n) is 41.0. The van der Waals surface area contributed by atoms with Crippen molar-refractivity contribution in [3.63, 3.8) is 0 Å². The lowest BCUT2D eigenvalue weighted by Crippen LogP contribution is -2.63. The van der Waals surface area contributed by atoms with Gasteiger partial charge in [0.15, 0.2) is 0 Å². The molecule has 0 spiro atoms. The molecule has 0 radical (unpaired) electrons. The number of nitrogens with zero attached hydrogens (tertiary/aromatic N) is 2. The summed E-state index contributed by atoms with van der Waals surface area (Å²) in [5.41, 5.74) is 25.1. The molecule has 3 aliphatic heterocycles. The first-order valence-electron chi connectivity index (χ1n) is 25.2. The number of rotatable bonds is 4. The third kappa shape index (κ3) is 5.65. The number of hydrogen-bond acceptors (Lipinski definition) is 2. The molecule has 8 aromatic carbocycles. The van der Waals surface area contributed by atoms with E-state index < -0.39 is 5.41 Å². The van der Waals surface area contributed by atoms with Crippen molar-refractivity contribution >= 4 is 46.2 Å². The van der Waals surface area contributed by atoms with Gasteiger partial charge in [-0.2, -0.15) is 0 Å². The van der Waals surface area contributed by atoms with Crippen LogP contribution in [0, 0.1) is 0 Å². The van der Waals surface area contributed by atoms with E-state index >= 15 is 0 Å². The largest absolute Gasteiger partial charge is 0.376 e. The van der Waals surface area contributed by atoms with Crippen molar-refractivity contribution in [1.29, 1.82) is 0 Å². The highest BCUT2D eigenvalue weighted by molar-refractivity contribution is 6.93. The van der Waals surface area contributed by atoms with Crippen LogP contribution in [-0.4, -0.2) is 6.85 Å². The molecule has 0 saturated carbocycles. The summed E-state index contributed by atoms with van der Waals surface area (Å²) in [4.78, 5) is 5.50. The third-order valence-electron chi connectivity index (χ3n) is 17.6. The molecule has 0 saturated heterocycles. The summed E-state index contributed by atoms with van der Waals surface area (Å²) in [6.45, 7) is 19.7. The van der Waals surface area contributed by atoms with Crippen LogP contribution in [0.5, 0.6) is 0 Å². The van der Waals surface area contributed by atoms with Gasteiger partial charge in [0, 0.05) is 34.0 Å². The van der Waals surface area contributed by atoms with Crippen molar-refractivity contribution in [2.75, 3.05) is 9.71 Å². The minimum Gasteiger partial charge on any atom is -0.376 e. The van der Waals surface area contributed by atoms with Gasteiger partial charge in [0.05, 0.1) is 5.41 Å². The normalized spacial score (nSPS) is 18.9. The van der Waals surface area contributed by atoms with Crippen molar-refractivity contribution in [2.45, 2.75) is 108 Å². The minimum absolute atomic E-state index is 0.0275. The highest BCUT2D eigenvalue weighted by atomic mass is 15.2. The second kappa shape index (κ2) is 14.2. The van der Waals surface area contributed by atoms with Crippen LogP contribution >= 0.6 is 0 Å². The lowest BCUT2D eigenvalue weighted by Gasteiger charge is -2.53. The van der Waals surface area contributed by atoms with E-state index in [1.807, 2.05) is 0 Å². The van der Waals surface area contributed by atoms with Gasteiger partial charge >= 0.3 is 6.85 Å². The fourth-order valence-corrected chi connectivity index (χ4v) is 13.7. The average molecular weight is 881 g/mol. The molecule has 0 fully saturated rings. The van der Waals surface area contributed by atoms with Crippen molar-refractivity contribution < 1.29 is 0 Å². The molecule has 2 aliphatic carbocycles. The molecule has 0 atom stereocenters. The van der Waals surface area contributed by atoms with Gasteiger partial charge in [0.25, 0.3) is 0 Å². The number of hydrogen-bond donors (Lipinski definition) is 0. The highest BCUT2D eigenvalue weighted by Crippen LogP contribution is 2.61. The van der Waals surface area contributed by atoms with Crippen molar-refractivity contribution in [1.82, 2.24) is 0 Å². The van der Waals surface area contributed by atoms with Crippen LogP contribution in [-0.2, 0) is 27.1 Å². The highest BCUT2D eigenvalue weighted by Gasteiger charge is 2.54. The van der Waals surface area contributed by atoms with Gasteiger partial charge in [-0.15, -0.1) is 0 Å². The first-order chi connectivity index (χ1) is 32.7. The Balaban J connectivity index is 1.20. The summed E-state index contributed by atoms with van der Waals surface area (Å²) in [6.07, 6.45) is 4.69. The lowest BCUT2D eigenvalue weighted by atomic mass is 9.41. The number of anilines is 5. The van der Waals surface area contributed by atoms with E-state index in [1.165, 1.54) is 119 Å². The summed E-state index contributed by atoms with van der Waals surface area (Å²) in [7, 11) is 0. The molecular formula is C65H61BN2. The minimum atomic E-state index is -0.562. The van der Waals surface area contributed by atoms with Crippen molar-refractivity contribution in [3.05, 3.63) is 220 Å². The molecule has 0 bridgehead atoms. The van der Waals surface area contributed by atoms with Crippen molar-refractivity contribution in [3.8, 4) is 22.3 Å². The molecule has 2 nitrogen and oxygen atoms in total. The van der Waals surface area contributed by atoms with Crippen LogP contribution < -0.4 is 20.6 Å². The quantitative estimate of drug-likeness (QED) is 0.163. The molecule has 8 aromatic rings. The smallest absolute Gasteiger partial charge is 0.333 e. The summed E-state index contributed by atoms with van der Waals surface area (Å²) >= 11 is 0. The summed E-state index contributed by atoms with van der Waals surface area (Å²) in [5.74, 6) is 0. The summed E-state index contributed by atoms with van der Waals surface area (Å²) in [5, 5.41) is 0. The molecule has 0 unspecified atom stereocenters. The van der Waals surface area contributed by atoms with Crippen LogP contribution in [0.15, 0.2) is 176 Å². The topological polar surface area (TPSA) is 6.48 Å². The average Bonchev–Trinajstić information content (AvgIpc) is 3.35. The third-order valence-corrected chi connectivity index (χ3v) is 17.6. The Morgan fingerprint density at radius 1 is 0.382 bits per heavy atom. The molecule has 334 valence electrons. The van der Waals surface area contributed by atoms with E-state index in [0.717, 1.165) is 12.8 Å². The first kappa shape index (κ1) is 41.6. The van der Waals surface area contributed by atoms with Gasteiger partial charge in [-0.05, 0) is 156 Å². The van der Waals surface area contributed by atoms with E-state index in [0.29, 0.717) is 0 Å².